The summed E-state index contributed by atoms with van der Waals surface area (Å²) in [4.78, 5) is 14.9. The number of carbonyl (C=O) groups excluding carboxylic acids is 1. The first kappa shape index (κ1) is 18.0. The highest BCUT2D eigenvalue weighted by atomic mass is 32.2. The van der Waals surface area contributed by atoms with Crippen molar-refractivity contribution in [1.29, 1.82) is 0 Å². The number of pyridine rings is 1. The third-order valence-electron chi connectivity index (χ3n) is 3.70. The number of amides is 1. The summed E-state index contributed by atoms with van der Waals surface area (Å²) in [6.07, 6.45) is 2.38. The lowest BCUT2D eigenvalue weighted by molar-refractivity contribution is 0.0999. The number of nitrogens with two attached hydrogens (primary N) is 1. The van der Waals surface area contributed by atoms with Gasteiger partial charge in [-0.1, -0.05) is 19.1 Å². The number of benzene rings is 1. The van der Waals surface area contributed by atoms with Crippen molar-refractivity contribution in [2.75, 3.05) is 6.54 Å². The maximum absolute atomic E-state index is 13.1. The molecule has 0 fully saturated rings. The summed E-state index contributed by atoms with van der Waals surface area (Å²) in [5, 5.41) is 0. The average molecular weight is 351 g/mol. The zero-order valence-electron chi connectivity index (χ0n) is 13.3. The first-order valence-corrected chi connectivity index (χ1v) is 8.73. The second kappa shape index (κ2) is 7.06. The standard InChI is InChI=1S/C16H18FN3O3S/c1-3-20(11(2)12-4-6-14(17)7-5-12)24(22,23)15-8-13(16(18)21)9-19-10-15/h4-11H,3H2,1-2H3,(H2,18,21)/t11-/m1/s1. The predicted molar refractivity (Wildman–Crippen MR) is 87.1 cm³/mol. The van der Waals surface area contributed by atoms with Gasteiger partial charge in [0.2, 0.25) is 15.9 Å². The van der Waals surface area contributed by atoms with Crippen molar-refractivity contribution < 1.29 is 17.6 Å². The average Bonchev–Trinajstić information content (AvgIpc) is 2.56. The Kier molecular flexibility index (Phi) is 5.30. The molecule has 2 aromatic rings. The molecular formula is C16H18FN3O3S. The van der Waals surface area contributed by atoms with Crippen molar-refractivity contribution in [3.63, 3.8) is 0 Å². The molecule has 0 bridgehead atoms. The summed E-state index contributed by atoms with van der Waals surface area (Å²) in [6, 6.07) is 6.32. The van der Waals surface area contributed by atoms with Crippen LogP contribution in [0.1, 0.15) is 35.8 Å². The van der Waals surface area contributed by atoms with Crippen LogP contribution >= 0.6 is 0 Å². The minimum absolute atomic E-state index is 0.0153. The van der Waals surface area contributed by atoms with Crippen molar-refractivity contribution in [2.24, 2.45) is 5.73 Å². The summed E-state index contributed by atoms with van der Waals surface area (Å²) in [7, 11) is -3.90. The molecule has 1 amide bonds. The zero-order valence-corrected chi connectivity index (χ0v) is 14.1. The first-order chi connectivity index (χ1) is 11.3. The van der Waals surface area contributed by atoms with Gasteiger partial charge >= 0.3 is 0 Å². The molecule has 128 valence electrons. The number of rotatable bonds is 6. The number of aromatic nitrogens is 1. The quantitative estimate of drug-likeness (QED) is 0.862. The van der Waals surface area contributed by atoms with Gasteiger partial charge < -0.3 is 5.73 Å². The number of sulfonamides is 1. The summed E-state index contributed by atoms with van der Waals surface area (Å²) in [5.74, 6) is -1.15. The van der Waals surface area contributed by atoms with E-state index < -0.39 is 27.8 Å². The van der Waals surface area contributed by atoms with Gasteiger partial charge in [-0.05, 0) is 30.7 Å². The molecule has 2 N–H and O–H groups in total. The summed E-state index contributed by atoms with van der Waals surface area (Å²) < 4.78 is 40.1. The molecule has 1 atom stereocenters. The summed E-state index contributed by atoms with van der Waals surface area (Å²) >= 11 is 0. The van der Waals surface area contributed by atoms with Crippen LogP contribution in [0.15, 0.2) is 47.6 Å². The molecule has 0 spiro atoms. The minimum Gasteiger partial charge on any atom is -0.366 e. The largest absolute Gasteiger partial charge is 0.366 e. The van der Waals surface area contributed by atoms with E-state index in [9.17, 15) is 17.6 Å². The number of primary amides is 1. The maximum Gasteiger partial charge on any atom is 0.250 e. The third-order valence-corrected chi connectivity index (χ3v) is 5.71. The Bertz CT molecular complexity index is 838. The predicted octanol–water partition coefficient (Wildman–Crippen LogP) is 2.09. The van der Waals surface area contributed by atoms with Crippen molar-refractivity contribution in [3.8, 4) is 0 Å². The second-order valence-corrected chi connectivity index (χ2v) is 7.10. The molecule has 1 heterocycles. The molecular weight excluding hydrogens is 333 g/mol. The van der Waals surface area contributed by atoms with Crippen molar-refractivity contribution in [1.82, 2.24) is 9.29 Å². The molecule has 0 unspecified atom stereocenters. The fraction of sp³-hybridized carbons (Fsp3) is 0.250. The Morgan fingerprint density at radius 2 is 1.92 bits per heavy atom. The van der Waals surface area contributed by atoms with Crippen LogP contribution in [-0.2, 0) is 10.0 Å². The van der Waals surface area contributed by atoms with Gasteiger partial charge in [-0.25, -0.2) is 12.8 Å². The Morgan fingerprint density at radius 3 is 2.46 bits per heavy atom. The topological polar surface area (TPSA) is 93.4 Å². The molecule has 0 radical (unpaired) electrons. The fourth-order valence-electron chi connectivity index (χ4n) is 2.39. The van der Waals surface area contributed by atoms with E-state index in [2.05, 4.69) is 4.98 Å². The van der Waals surface area contributed by atoms with Crippen LogP contribution in [-0.4, -0.2) is 30.2 Å². The van der Waals surface area contributed by atoms with Crippen LogP contribution < -0.4 is 5.73 Å². The highest BCUT2D eigenvalue weighted by molar-refractivity contribution is 7.89. The molecule has 0 aliphatic heterocycles. The van der Waals surface area contributed by atoms with E-state index in [1.54, 1.807) is 13.8 Å². The van der Waals surface area contributed by atoms with E-state index in [1.165, 1.54) is 47.0 Å². The number of nitrogens with zero attached hydrogens (tertiary/aromatic N) is 2. The van der Waals surface area contributed by atoms with Crippen LogP contribution in [0.2, 0.25) is 0 Å². The Balaban J connectivity index is 2.42. The van der Waals surface area contributed by atoms with Crippen molar-refractivity contribution >= 4 is 15.9 Å². The third kappa shape index (κ3) is 3.60. The van der Waals surface area contributed by atoms with Gasteiger partial charge in [0.1, 0.15) is 10.7 Å². The minimum atomic E-state index is -3.90. The monoisotopic (exact) mass is 351 g/mol. The van der Waals surface area contributed by atoms with Crippen molar-refractivity contribution in [3.05, 3.63) is 59.7 Å². The van der Waals surface area contributed by atoms with Crippen LogP contribution in [0.25, 0.3) is 0 Å². The number of halogens is 1. The van der Waals surface area contributed by atoms with Gasteiger partial charge in [0.25, 0.3) is 0 Å². The van der Waals surface area contributed by atoms with E-state index in [-0.39, 0.29) is 17.0 Å². The van der Waals surface area contributed by atoms with Gasteiger partial charge in [0.05, 0.1) is 5.56 Å². The molecule has 24 heavy (non-hydrogen) atoms. The Morgan fingerprint density at radius 1 is 1.29 bits per heavy atom. The lowest BCUT2D eigenvalue weighted by atomic mass is 10.1. The normalized spacial score (nSPS) is 13.0. The number of carbonyl (C=O) groups is 1. The first-order valence-electron chi connectivity index (χ1n) is 7.29. The molecule has 8 heteroatoms. The maximum atomic E-state index is 13.1. The molecule has 0 saturated heterocycles. The number of hydrogen-bond donors (Lipinski definition) is 1. The van der Waals surface area contributed by atoms with E-state index in [4.69, 9.17) is 5.73 Å². The van der Waals surface area contributed by atoms with Gasteiger partial charge in [-0.2, -0.15) is 4.31 Å². The van der Waals surface area contributed by atoms with Crippen LogP contribution in [0.4, 0.5) is 4.39 Å². The van der Waals surface area contributed by atoms with Crippen molar-refractivity contribution in [2.45, 2.75) is 24.8 Å². The smallest absolute Gasteiger partial charge is 0.250 e. The Labute approximate surface area is 140 Å². The SMILES string of the molecule is CCN([C@H](C)c1ccc(F)cc1)S(=O)(=O)c1cncc(C(N)=O)c1. The van der Waals surface area contributed by atoms with Gasteiger partial charge in [-0.15, -0.1) is 0 Å². The second-order valence-electron chi connectivity index (χ2n) is 5.21. The van der Waals surface area contributed by atoms with Crippen LogP contribution in [0.5, 0.6) is 0 Å². The van der Waals surface area contributed by atoms with Gasteiger partial charge in [-0.3, -0.25) is 9.78 Å². The van der Waals surface area contributed by atoms with Crippen LogP contribution in [0.3, 0.4) is 0 Å². The van der Waals surface area contributed by atoms with Gasteiger partial charge in [0.15, 0.2) is 0 Å². The molecule has 0 saturated carbocycles. The summed E-state index contributed by atoms with van der Waals surface area (Å²) in [6.45, 7) is 3.60. The molecule has 0 aliphatic carbocycles. The Hall–Kier alpha value is -2.32. The molecule has 1 aromatic carbocycles. The van der Waals surface area contributed by atoms with E-state index in [0.29, 0.717) is 5.56 Å². The lowest BCUT2D eigenvalue weighted by Gasteiger charge is -2.27. The van der Waals surface area contributed by atoms with E-state index in [0.717, 1.165) is 0 Å². The van der Waals surface area contributed by atoms with E-state index in [1.807, 2.05) is 0 Å². The van der Waals surface area contributed by atoms with Gasteiger partial charge in [0, 0.05) is 25.0 Å². The summed E-state index contributed by atoms with van der Waals surface area (Å²) in [5.41, 5.74) is 5.85. The zero-order chi connectivity index (χ0) is 17.9. The van der Waals surface area contributed by atoms with Crippen LogP contribution in [0, 0.1) is 5.82 Å². The van der Waals surface area contributed by atoms with E-state index >= 15 is 0 Å². The molecule has 6 nitrogen and oxygen atoms in total. The molecule has 1 aromatic heterocycles. The lowest BCUT2D eigenvalue weighted by Crippen LogP contribution is -2.33. The fourth-order valence-corrected chi connectivity index (χ4v) is 4.01. The highest BCUT2D eigenvalue weighted by Crippen LogP contribution is 2.27. The molecule has 2 rings (SSSR count). The molecule has 0 aliphatic rings. The highest BCUT2D eigenvalue weighted by Gasteiger charge is 2.29. The number of hydrogen-bond acceptors (Lipinski definition) is 4.